The van der Waals surface area contributed by atoms with Crippen molar-refractivity contribution in [3.63, 3.8) is 0 Å². The lowest BCUT2D eigenvalue weighted by Crippen LogP contribution is -2.16. The summed E-state index contributed by atoms with van der Waals surface area (Å²) in [5.41, 5.74) is 0. The van der Waals surface area contributed by atoms with Crippen LogP contribution in [-0.4, -0.2) is 23.8 Å². The number of ether oxygens (including phenoxy) is 2. The van der Waals surface area contributed by atoms with Crippen LogP contribution in [0.2, 0.25) is 0 Å². The lowest BCUT2D eigenvalue weighted by atomic mass is 9.99. The minimum absolute atomic E-state index is 0.117. The summed E-state index contributed by atoms with van der Waals surface area (Å²) in [6.07, 6.45) is 13.6. The van der Waals surface area contributed by atoms with Gasteiger partial charge < -0.3 is 14.6 Å². The van der Waals surface area contributed by atoms with Crippen LogP contribution in [0.4, 0.5) is 0 Å². The van der Waals surface area contributed by atoms with Crippen LogP contribution in [-0.2, 0) is 9.47 Å². The van der Waals surface area contributed by atoms with Gasteiger partial charge in [0.25, 0.3) is 0 Å². The molecule has 0 aromatic heterocycles. The Bertz CT molecular complexity index is 230. The van der Waals surface area contributed by atoms with Crippen molar-refractivity contribution in [1.29, 1.82) is 0 Å². The van der Waals surface area contributed by atoms with E-state index in [0.29, 0.717) is 12.0 Å². The Morgan fingerprint density at radius 2 is 1.58 bits per heavy atom. The third-order valence-electron chi connectivity index (χ3n) is 4.45. The van der Waals surface area contributed by atoms with E-state index in [2.05, 4.69) is 6.92 Å². The van der Waals surface area contributed by atoms with Crippen LogP contribution in [0.25, 0.3) is 0 Å². The number of unbranched alkanes of at least 4 members (excludes halogenated alkanes) is 7. The van der Waals surface area contributed by atoms with Gasteiger partial charge in [-0.2, -0.15) is 0 Å². The Labute approximate surface area is 117 Å². The van der Waals surface area contributed by atoms with Gasteiger partial charge in [-0.1, -0.05) is 58.3 Å². The van der Waals surface area contributed by atoms with Gasteiger partial charge in [-0.15, -0.1) is 0 Å². The molecule has 0 bridgehead atoms. The van der Waals surface area contributed by atoms with E-state index >= 15 is 0 Å². The van der Waals surface area contributed by atoms with E-state index in [-0.39, 0.29) is 6.29 Å². The lowest BCUT2D eigenvalue weighted by Gasteiger charge is -2.13. The first-order valence-electron chi connectivity index (χ1n) is 8.28. The fourth-order valence-electron chi connectivity index (χ4n) is 3.32. The van der Waals surface area contributed by atoms with Crippen molar-refractivity contribution >= 4 is 0 Å². The molecule has 2 unspecified atom stereocenters. The highest BCUT2D eigenvalue weighted by Crippen LogP contribution is 2.38. The molecular formula is C16H30O3. The molecule has 3 nitrogen and oxygen atoms in total. The van der Waals surface area contributed by atoms with Crippen molar-refractivity contribution in [3.8, 4) is 0 Å². The maximum absolute atomic E-state index is 9.35. The van der Waals surface area contributed by atoms with E-state index in [1.807, 2.05) is 0 Å². The Hall–Kier alpha value is -0.120. The SMILES string of the molecule is CCCCCCCCCCC1C[C@@H]2CC(O)O[C@@H]2O1. The summed E-state index contributed by atoms with van der Waals surface area (Å²) in [6, 6.07) is 0. The van der Waals surface area contributed by atoms with E-state index < -0.39 is 6.29 Å². The molecule has 0 aromatic rings. The summed E-state index contributed by atoms with van der Waals surface area (Å²) in [7, 11) is 0. The van der Waals surface area contributed by atoms with Crippen LogP contribution in [0.3, 0.4) is 0 Å². The van der Waals surface area contributed by atoms with Gasteiger partial charge in [0.2, 0.25) is 0 Å². The Kier molecular flexibility index (Phi) is 6.62. The largest absolute Gasteiger partial charge is 0.368 e. The molecule has 2 rings (SSSR count). The van der Waals surface area contributed by atoms with Crippen LogP contribution in [0.15, 0.2) is 0 Å². The minimum Gasteiger partial charge on any atom is -0.368 e. The number of hydrogen-bond donors (Lipinski definition) is 1. The van der Waals surface area contributed by atoms with E-state index in [0.717, 1.165) is 12.8 Å². The predicted molar refractivity (Wildman–Crippen MR) is 75.7 cm³/mol. The molecule has 0 spiro atoms. The van der Waals surface area contributed by atoms with Crippen molar-refractivity contribution in [2.45, 2.75) is 96.2 Å². The molecule has 2 heterocycles. The highest BCUT2D eigenvalue weighted by atomic mass is 16.7. The molecule has 0 saturated carbocycles. The summed E-state index contributed by atoms with van der Waals surface area (Å²) in [4.78, 5) is 0. The zero-order valence-electron chi connectivity index (χ0n) is 12.4. The van der Waals surface area contributed by atoms with Gasteiger partial charge >= 0.3 is 0 Å². The second-order valence-corrected chi connectivity index (χ2v) is 6.21. The normalized spacial score (nSPS) is 33.8. The summed E-state index contributed by atoms with van der Waals surface area (Å²) in [6.45, 7) is 2.26. The molecular weight excluding hydrogens is 240 g/mol. The molecule has 2 fully saturated rings. The maximum Gasteiger partial charge on any atom is 0.164 e. The Morgan fingerprint density at radius 3 is 2.26 bits per heavy atom. The number of rotatable bonds is 9. The van der Waals surface area contributed by atoms with Crippen molar-refractivity contribution in [3.05, 3.63) is 0 Å². The summed E-state index contributed by atoms with van der Waals surface area (Å²) < 4.78 is 11.2. The van der Waals surface area contributed by atoms with Crippen LogP contribution < -0.4 is 0 Å². The second-order valence-electron chi connectivity index (χ2n) is 6.21. The van der Waals surface area contributed by atoms with Crippen molar-refractivity contribution in [2.75, 3.05) is 0 Å². The molecule has 1 N–H and O–H groups in total. The van der Waals surface area contributed by atoms with Gasteiger partial charge in [0.1, 0.15) is 0 Å². The first-order chi connectivity index (χ1) is 9.29. The van der Waals surface area contributed by atoms with Gasteiger partial charge in [0.05, 0.1) is 6.10 Å². The van der Waals surface area contributed by atoms with Gasteiger partial charge in [0, 0.05) is 12.3 Å². The molecule has 0 amide bonds. The summed E-state index contributed by atoms with van der Waals surface area (Å²) >= 11 is 0. The highest BCUT2D eigenvalue weighted by molar-refractivity contribution is 4.82. The third kappa shape index (κ3) is 5.05. The third-order valence-corrected chi connectivity index (χ3v) is 4.45. The van der Waals surface area contributed by atoms with E-state index in [1.165, 1.54) is 57.8 Å². The molecule has 112 valence electrons. The predicted octanol–water partition coefficient (Wildman–Crippen LogP) is 3.99. The monoisotopic (exact) mass is 270 g/mol. The van der Waals surface area contributed by atoms with Crippen LogP contribution in [0.5, 0.6) is 0 Å². The van der Waals surface area contributed by atoms with Gasteiger partial charge in [-0.3, -0.25) is 0 Å². The molecule has 2 aliphatic rings. The van der Waals surface area contributed by atoms with Gasteiger partial charge in [-0.25, -0.2) is 0 Å². The molecule has 0 aromatic carbocycles. The average Bonchev–Trinajstić information content (AvgIpc) is 2.89. The Balaban J connectivity index is 1.43. The highest BCUT2D eigenvalue weighted by Gasteiger charge is 2.42. The smallest absolute Gasteiger partial charge is 0.164 e. The molecule has 3 heteroatoms. The van der Waals surface area contributed by atoms with Crippen molar-refractivity contribution < 1.29 is 14.6 Å². The Morgan fingerprint density at radius 1 is 0.895 bits per heavy atom. The fraction of sp³-hybridized carbons (Fsp3) is 1.00. The number of aliphatic hydroxyl groups is 1. The maximum atomic E-state index is 9.35. The van der Waals surface area contributed by atoms with Crippen LogP contribution in [0, 0.1) is 5.92 Å². The molecule has 0 aliphatic carbocycles. The molecule has 0 radical (unpaired) electrons. The molecule has 4 atom stereocenters. The minimum atomic E-state index is -0.584. The first-order valence-corrected chi connectivity index (χ1v) is 8.28. The van der Waals surface area contributed by atoms with Crippen LogP contribution in [0.1, 0.15) is 77.6 Å². The number of hydrogen-bond acceptors (Lipinski definition) is 3. The van der Waals surface area contributed by atoms with Crippen LogP contribution >= 0.6 is 0 Å². The lowest BCUT2D eigenvalue weighted by molar-refractivity contribution is -0.190. The van der Waals surface area contributed by atoms with Crippen molar-refractivity contribution in [2.24, 2.45) is 5.92 Å². The van der Waals surface area contributed by atoms with Gasteiger partial charge in [-0.05, 0) is 12.8 Å². The quantitative estimate of drug-likeness (QED) is 0.644. The molecule has 19 heavy (non-hydrogen) atoms. The average molecular weight is 270 g/mol. The van der Waals surface area contributed by atoms with E-state index in [9.17, 15) is 5.11 Å². The van der Waals surface area contributed by atoms with E-state index in [1.54, 1.807) is 0 Å². The summed E-state index contributed by atoms with van der Waals surface area (Å²) in [5.74, 6) is 0.439. The molecule has 2 saturated heterocycles. The second kappa shape index (κ2) is 8.23. The zero-order valence-corrected chi connectivity index (χ0v) is 12.4. The van der Waals surface area contributed by atoms with Crippen molar-refractivity contribution in [1.82, 2.24) is 0 Å². The number of aliphatic hydroxyl groups excluding tert-OH is 1. The number of fused-ring (bicyclic) bond motifs is 1. The first kappa shape index (κ1) is 15.3. The van der Waals surface area contributed by atoms with E-state index in [4.69, 9.17) is 9.47 Å². The molecule has 2 aliphatic heterocycles. The zero-order chi connectivity index (χ0) is 13.5. The summed E-state index contributed by atoms with van der Waals surface area (Å²) in [5, 5.41) is 9.35. The standard InChI is InChI=1S/C16H30O3/c1-2-3-4-5-6-7-8-9-10-14-11-13-12-15(17)19-16(13)18-14/h13-17H,2-12H2,1H3/t13-,14?,15?,16+/m1/s1. The van der Waals surface area contributed by atoms with Gasteiger partial charge in [0.15, 0.2) is 12.6 Å². The topological polar surface area (TPSA) is 38.7 Å². The fourth-order valence-corrected chi connectivity index (χ4v) is 3.32.